The summed E-state index contributed by atoms with van der Waals surface area (Å²) >= 11 is 0. The van der Waals surface area contributed by atoms with E-state index in [9.17, 15) is 9.59 Å². The first-order valence-electron chi connectivity index (χ1n) is 10.0. The third-order valence-corrected chi connectivity index (χ3v) is 6.01. The zero-order chi connectivity index (χ0) is 19.6. The number of amides is 2. The van der Waals surface area contributed by atoms with Crippen LogP contribution in [0.3, 0.4) is 0 Å². The van der Waals surface area contributed by atoms with Crippen LogP contribution in [0.1, 0.15) is 43.0 Å². The molecule has 1 spiro atoms. The van der Waals surface area contributed by atoms with Crippen LogP contribution < -0.4 is 0 Å². The average molecular weight is 378 g/mol. The summed E-state index contributed by atoms with van der Waals surface area (Å²) in [4.78, 5) is 37.8. The summed E-state index contributed by atoms with van der Waals surface area (Å²) in [6.07, 6.45) is 6.95. The molecule has 6 heteroatoms. The Balaban J connectivity index is 1.53. The average Bonchev–Trinajstić information content (AvgIpc) is 2.76. The molecule has 2 saturated heterocycles. The maximum atomic E-state index is 13.2. The molecule has 0 aliphatic carbocycles. The maximum Gasteiger partial charge on any atom is 0.253 e. The van der Waals surface area contributed by atoms with E-state index in [-0.39, 0.29) is 17.2 Å². The number of benzene rings is 1. The van der Waals surface area contributed by atoms with Gasteiger partial charge in [0.05, 0.1) is 0 Å². The van der Waals surface area contributed by atoms with E-state index >= 15 is 0 Å². The van der Waals surface area contributed by atoms with Crippen molar-refractivity contribution in [1.82, 2.24) is 19.8 Å². The number of rotatable bonds is 3. The van der Waals surface area contributed by atoms with Gasteiger partial charge in [-0.2, -0.15) is 0 Å². The van der Waals surface area contributed by atoms with E-state index in [0.717, 1.165) is 51.0 Å². The number of hydrogen-bond donors (Lipinski definition) is 0. The zero-order valence-corrected chi connectivity index (χ0v) is 16.3. The second-order valence-corrected chi connectivity index (χ2v) is 7.89. The van der Waals surface area contributed by atoms with E-state index in [2.05, 4.69) is 9.97 Å². The second-order valence-electron chi connectivity index (χ2n) is 7.89. The molecule has 3 heterocycles. The molecule has 1 aromatic carbocycles. The van der Waals surface area contributed by atoms with Gasteiger partial charge in [-0.05, 0) is 44.4 Å². The maximum absolute atomic E-state index is 13.2. The molecule has 1 atom stereocenters. The predicted octanol–water partition coefficient (Wildman–Crippen LogP) is 3.01. The summed E-state index contributed by atoms with van der Waals surface area (Å²) in [6, 6.07) is 9.33. The quantitative estimate of drug-likeness (QED) is 0.823. The highest BCUT2D eigenvalue weighted by Gasteiger charge is 2.42. The number of carbonyl (C=O) groups is 2. The Bertz CT molecular complexity index is 870. The van der Waals surface area contributed by atoms with Crippen molar-refractivity contribution < 1.29 is 9.59 Å². The van der Waals surface area contributed by atoms with Crippen LogP contribution in [0.15, 0.2) is 42.7 Å². The van der Waals surface area contributed by atoms with Gasteiger partial charge >= 0.3 is 0 Å². The van der Waals surface area contributed by atoms with Crippen molar-refractivity contribution in [3.63, 3.8) is 0 Å². The summed E-state index contributed by atoms with van der Waals surface area (Å²) in [5, 5.41) is 0. The van der Waals surface area contributed by atoms with Gasteiger partial charge in [0.2, 0.25) is 5.91 Å². The lowest BCUT2D eigenvalue weighted by atomic mass is 9.73. The molecule has 0 N–H and O–H groups in total. The monoisotopic (exact) mass is 378 g/mol. The number of likely N-dealkylation sites (tertiary alicyclic amines) is 2. The first-order chi connectivity index (χ1) is 13.6. The smallest absolute Gasteiger partial charge is 0.253 e. The number of hydrogen-bond acceptors (Lipinski definition) is 4. The summed E-state index contributed by atoms with van der Waals surface area (Å²) in [5.74, 6) is 0.917. The summed E-state index contributed by atoms with van der Waals surface area (Å²) < 4.78 is 0. The first kappa shape index (κ1) is 18.6. The molecule has 4 rings (SSSR count). The first-order valence-corrected chi connectivity index (χ1v) is 10.0. The zero-order valence-electron chi connectivity index (χ0n) is 16.3. The van der Waals surface area contributed by atoms with Gasteiger partial charge in [0.1, 0.15) is 0 Å². The minimum atomic E-state index is 0.0397. The lowest BCUT2D eigenvalue weighted by Crippen LogP contribution is -2.55. The van der Waals surface area contributed by atoms with E-state index < -0.39 is 0 Å². The molecule has 28 heavy (non-hydrogen) atoms. The van der Waals surface area contributed by atoms with Crippen molar-refractivity contribution in [3.8, 4) is 11.4 Å². The van der Waals surface area contributed by atoms with E-state index in [1.807, 2.05) is 41.0 Å². The van der Waals surface area contributed by atoms with Crippen molar-refractivity contribution in [2.24, 2.45) is 5.41 Å². The Labute approximate surface area is 165 Å². The number of nitrogens with zero attached hydrogens (tertiary/aromatic N) is 4. The number of carbonyl (C=O) groups excluding carboxylic acids is 2. The standard InChI is InChI=1S/C22H26N4O2/c1-2-25-15-22(10-8-19(25)27)9-4-13-26(16-22)21(28)18-7-3-6-17(14-18)20-23-11-5-12-24-20/h3,5-7,11-12,14H,2,4,8-10,13,15-16H2,1H3/t22-/m1/s1. The molecular weight excluding hydrogens is 352 g/mol. The van der Waals surface area contributed by atoms with Crippen LogP contribution in [0.2, 0.25) is 0 Å². The lowest BCUT2D eigenvalue weighted by molar-refractivity contribution is -0.138. The normalized spacial score (nSPS) is 22.5. The number of aromatic nitrogens is 2. The van der Waals surface area contributed by atoms with Crippen LogP contribution in [0.5, 0.6) is 0 Å². The van der Waals surface area contributed by atoms with E-state index in [1.54, 1.807) is 18.5 Å². The van der Waals surface area contributed by atoms with Gasteiger partial charge in [0.25, 0.3) is 5.91 Å². The molecule has 2 amide bonds. The third kappa shape index (κ3) is 3.63. The Kier molecular flexibility index (Phi) is 5.11. The highest BCUT2D eigenvalue weighted by molar-refractivity contribution is 5.95. The molecule has 1 aromatic heterocycles. The lowest BCUT2D eigenvalue weighted by Gasteiger charge is -2.48. The van der Waals surface area contributed by atoms with Crippen molar-refractivity contribution in [3.05, 3.63) is 48.3 Å². The van der Waals surface area contributed by atoms with Gasteiger partial charge in [-0.1, -0.05) is 12.1 Å². The van der Waals surface area contributed by atoms with Crippen LogP contribution in [0.25, 0.3) is 11.4 Å². The van der Waals surface area contributed by atoms with Crippen molar-refractivity contribution in [2.45, 2.75) is 32.6 Å². The van der Waals surface area contributed by atoms with Crippen LogP contribution in [-0.4, -0.2) is 57.8 Å². The molecule has 2 aliphatic heterocycles. The molecular formula is C22H26N4O2. The summed E-state index contributed by atoms with van der Waals surface area (Å²) in [6.45, 7) is 5.03. The minimum Gasteiger partial charge on any atom is -0.342 e. The van der Waals surface area contributed by atoms with Gasteiger partial charge in [-0.25, -0.2) is 9.97 Å². The molecule has 2 aromatic rings. The molecule has 0 radical (unpaired) electrons. The summed E-state index contributed by atoms with van der Waals surface area (Å²) in [5.41, 5.74) is 1.55. The van der Waals surface area contributed by atoms with Crippen LogP contribution in [0.4, 0.5) is 0 Å². The van der Waals surface area contributed by atoms with Crippen molar-refractivity contribution in [1.29, 1.82) is 0 Å². The highest BCUT2D eigenvalue weighted by atomic mass is 16.2. The Morgan fingerprint density at radius 3 is 2.75 bits per heavy atom. The van der Waals surface area contributed by atoms with E-state index in [0.29, 0.717) is 17.8 Å². The second kappa shape index (κ2) is 7.70. The van der Waals surface area contributed by atoms with Gasteiger partial charge in [-0.15, -0.1) is 0 Å². The topological polar surface area (TPSA) is 66.4 Å². The van der Waals surface area contributed by atoms with Gasteiger partial charge in [-0.3, -0.25) is 9.59 Å². The Hall–Kier alpha value is -2.76. The van der Waals surface area contributed by atoms with Gasteiger partial charge in [0.15, 0.2) is 5.82 Å². The largest absolute Gasteiger partial charge is 0.342 e. The van der Waals surface area contributed by atoms with Crippen molar-refractivity contribution >= 4 is 11.8 Å². The molecule has 2 fully saturated rings. The highest BCUT2D eigenvalue weighted by Crippen LogP contribution is 2.39. The van der Waals surface area contributed by atoms with E-state index in [4.69, 9.17) is 0 Å². The van der Waals surface area contributed by atoms with Gasteiger partial charge < -0.3 is 9.80 Å². The SMILES string of the molecule is CCN1C[C@@]2(CCCN(C(=O)c3cccc(-c4ncccn4)c3)C2)CCC1=O. The fraction of sp³-hybridized carbons (Fsp3) is 0.455. The summed E-state index contributed by atoms with van der Waals surface area (Å²) in [7, 11) is 0. The molecule has 0 unspecified atom stereocenters. The van der Waals surface area contributed by atoms with E-state index in [1.165, 1.54) is 0 Å². The Morgan fingerprint density at radius 2 is 1.96 bits per heavy atom. The fourth-order valence-corrected chi connectivity index (χ4v) is 4.53. The molecule has 0 bridgehead atoms. The molecule has 6 nitrogen and oxygen atoms in total. The molecule has 0 saturated carbocycles. The van der Waals surface area contributed by atoms with Crippen molar-refractivity contribution in [2.75, 3.05) is 26.2 Å². The predicted molar refractivity (Wildman–Crippen MR) is 107 cm³/mol. The van der Waals surface area contributed by atoms with Crippen LogP contribution in [0, 0.1) is 5.41 Å². The third-order valence-electron chi connectivity index (χ3n) is 6.01. The van der Waals surface area contributed by atoms with Gasteiger partial charge in [0, 0.05) is 61.5 Å². The number of piperidine rings is 2. The Morgan fingerprint density at radius 1 is 1.14 bits per heavy atom. The van der Waals surface area contributed by atoms with Crippen LogP contribution >= 0.6 is 0 Å². The minimum absolute atomic E-state index is 0.0397. The van der Waals surface area contributed by atoms with Crippen LogP contribution in [-0.2, 0) is 4.79 Å². The molecule has 146 valence electrons. The molecule has 2 aliphatic rings. The fourth-order valence-electron chi connectivity index (χ4n) is 4.53.